The Morgan fingerprint density at radius 1 is 1.00 bits per heavy atom. The zero-order chi connectivity index (χ0) is 29.9. The largest absolute Gasteiger partial charge is 0.460 e. The first-order valence-corrected chi connectivity index (χ1v) is 14.9. The number of rotatable bonds is 4. The summed E-state index contributed by atoms with van der Waals surface area (Å²) >= 11 is 0. The second kappa shape index (κ2) is 10.4. The van der Waals surface area contributed by atoms with Gasteiger partial charge in [-0.25, -0.2) is 19.6 Å². The molecule has 1 aromatic carbocycles. The fourth-order valence-corrected chi connectivity index (χ4v) is 6.65. The van der Waals surface area contributed by atoms with Crippen LogP contribution < -0.4 is 10.3 Å². The summed E-state index contributed by atoms with van der Waals surface area (Å²) < 4.78 is 13.6. The first-order valence-electron chi connectivity index (χ1n) is 14.9. The van der Waals surface area contributed by atoms with Gasteiger partial charge in [0.25, 0.3) is 0 Å². The summed E-state index contributed by atoms with van der Waals surface area (Å²) in [6, 6.07) is 8.76. The van der Waals surface area contributed by atoms with E-state index >= 15 is 0 Å². The number of pyridine rings is 1. The van der Waals surface area contributed by atoms with Crippen LogP contribution in [0.15, 0.2) is 35.1 Å². The Hall–Kier alpha value is -3.95. The molecule has 0 bridgehead atoms. The highest BCUT2D eigenvalue weighted by molar-refractivity contribution is 5.89. The summed E-state index contributed by atoms with van der Waals surface area (Å²) in [5, 5.41) is 0. The molecule has 1 saturated heterocycles. The summed E-state index contributed by atoms with van der Waals surface area (Å²) in [5.74, 6) is -0.348. The zero-order valence-corrected chi connectivity index (χ0v) is 25.2. The number of benzene rings is 1. The number of piperazine rings is 1. The zero-order valence-electron chi connectivity index (χ0n) is 25.2. The predicted molar refractivity (Wildman–Crippen MR) is 159 cm³/mol. The molecule has 3 aliphatic rings. The van der Waals surface area contributed by atoms with Gasteiger partial charge in [0.15, 0.2) is 11.2 Å². The third-order valence-electron chi connectivity index (χ3n) is 8.82. The van der Waals surface area contributed by atoms with E-state index in [9.17, 15) is 14.4 Å². The first-order chi connectivity index (χ1) is 19.9. The molecular weight excluding hydrogens is 534 g/mol. The monoisotopic (exact) mass is 573 g/mol. The van der Waals surface area contributed by atoms with E-state index in [1.54, 1.807) is 12.1 Å². The molecule has 1 amide bonds. The lowest BCUT2D eigenvalue weighted by Crippen LogP contribution is -2.67. The van der Waals surface area contributed by atoms with Gasteiger partial charge in [0.1, 0.15) is 17.9 Å². The number of hydrogen-bond acceptors (Lipinski definition) is 8. The Bertz CT molecular complexity index is 1610. The van der Waals surface area contributed by atoms with Crippen LogP contribution in [-0.4, -0.2) is 68.9 Å². The molecule has 6 rings (SSSR count). The van der Waals surface area contributed by atoms with Crippen molar-refractivity contribution >= 4 is 28.9 Å². The molecule has 0 N–H and O–H groups in total. The fourth-order valence-electron chi connectivity index (χ4n) is 6.65. The number of esters is 1. The van der Waals surface area contributed by atoms with Crippen molar-refractivity contribution in [2.45, 2.75) is 90.4 Å². The molecule has 2 unspecified atom stereocenters. The summed E-state index contributed by atoms with van der Waals surface area (Å²) in [7, 11) is 0. The van der Waals surface area contributed by atoms with Crippen LogP contribution in [0, 0.1) is 13.8 Å². The topological polar surface area (TPSA) is 107 Å². The third-order valence-corrected chi connectivity index (χ3v) is 8.82. The number of aryl methyl sites for hydroxylation is 2. The Morgan fingerprint density at radius 2 is 1.69 bits per heavy atom. The van der Waals surface area contributed by atoms with Gasteiger partial charge in [-0.3, -0.25) is 4.79 Å². The van der Waals surface area contributed by atoms with Crippen molar-refractivity contribution in [3.05, 3.63) is 63.2 Å². The third kappa shape index (κ3) is 4.80. The minimum atomic E-state index is -0.575. The molecule has 42 heavy (non-hydrogen) atoms. The Labute approximate surface area is 245 Å². The van der Waals surface area contributed by atoms with Crippen LogP contribution in [0.4, 0.5) is 10.5 Å². The molecule has 2 fully saturated rings. The van der Waals surface area contributed by atoms with Crippen LogP contribution in [0.25, 0.3) is 11.2 Å². The van der Waals surface area contributed by atoms with E-state index in [0.717, 1.165) is 24.2 Å². The average molecular weight is 574 g/mol. The summed E-state index contributed by atoms with van der Waals surface area (Å²) in [6.07, 6.45) is 2.15. The van der Waals surface area contributed by atoms with Crippen molar-refractivity contribution in [2.24, 2.45) is 0 Å². The van der Waals surface area contributed by atoms with Crippen molar-refractivity contribution in [3.8, 4) is 0 Å². The van der Waals surface area contributed by atoms with Crippen LogP contribution in [0.1, 0.15) is 86.4 Å². The highest BCUT2D eigenvalue weighted by Crippen LogP contribution is 2.45. The summed E-state index contributed by atoms with van der Waals surface area (Å²) in [5.41, 5.74) is 3.67. The number of carbonyl (C=O) groups is 2. The lowest BCUT2D eigenvalue weighted by atomic mass is 9.81. The van der Waals surface area contributed by atoms with Crippen molar-refractivity contribution in [3.63, 3.8) is 0 Å². The van der Waals surface area contributed by atoms with Gasteiger partial charge in [-0.05, 0) is 66.0 Å². The standard InChI is InChI=1S/C32H39N5O5/c1-18-16-22(17-41-30(39)21-10-8-7-9-11-21)37-26(18)27(28(38)25-29(37)34-20(3)19(2)33-25)35-14-15-36(24-13-12-23(24)35)31(40)42-32(4,5)6/h7-11,18,22-24H,12-17H2,1-6H3/t18?,22?,23-,24-/m0/s1. The number of aromatic nitrogens is 3. The fraction of sp³-hybridized carbons (Fsp3) is 0.531. The van der Waals surface area contributed by atoms with Crippen molar-refractivity contribution in [1.82, 2.24) is 19.4 Å². The number of nitrogens with zero attached hydrogens (tertiary/aromatic N) is 5. The predicted octanol–water partition coefficient (Wildman–Crippen LogP) is 4.90. The highest BCUT2D eigenvalue weighted by atomic mass is 16.6. The van der Waals surface area contributed by atoms with Crippen LogP contribution in [0.2, 0.25) is 0 Å². The number of fused-ring (bicyclic) bond motifs is 4. The number of amides is 1. The van der Waals surface area contributed by atoms with Crippen LogP contribution in [0.5, 0.6) is 0 Å². The molecule has 0 radical (unpaired) electrons. The average Bonchev–Trinajstić information content (AvgIpc) is 3.24. The van der Waals surface area contributed by atoms with Crippen molar-refractivity contribution in [2.75, 3.05) is 24.6 Å². The summed E-state index contributed by atoms with van der Waals surface area (Å²) in [6.45, 7) is 12.6. The van der Waals surface area contributed by atoms with Gasteiger partial charge in [-0.1, -0.05) is 25.1 Å². The normalized spacial score (nSPS) is 23.3. The van der Waals surface area contributed by atoms with Gasteiger partial charge in [-0.15, -0.1) is 0 Å². The molecule has 4 atom stereocenters. The smallest absolute Gasteiger partial charge is 0.410 e. The first kappa shape index (κ1) is 28.2. The lowest BCUT2D eigenvalue weighted by molar-refractivity contribution is -0.00452. The Balaban J connectivity index is 1.39. The van der Waals surface area contributed by atoms with E-state index in [4.69, 9.17) is 19.4 Å². The quantitative estimate of drug-likeness (QED) is 0.406. The van der Waals surface area contributed by atoms with Gasteiger partial charge in [-0.2, -0.15) is 0 Å². The number of hydrogen-bond donors (Lipinski definition) is 0. The Kier molecular flexibility index (Phi) is 6.98. The van der Waals surface area contributed by atoms with E-state index in [1.807, 2.05) is 57.7 Å². The molecule has 2 aromatic heterocycles. The molecule has 1 aliphatic carbocycles. The SMILES string of the molecule is Cc1nc2c(=O)c(N3CCN(C(=O)OC(C)(C)C)[C@H]4CC[C@@H]43)c3n(c2nc1C)C(COC(=O)c1ccccc1)CC3C. The van der Waals surface area contributed by atoms with E-state index in [2.05, 4.69) is 16.4 Å². The van der Waals surface area contributed by atoms with Gasteiger partial charge < -0.3 is 23.8 Å². The molecule has 1 saturated carbocycles. The molecular formula is C32H39N5O5. The van der Waals surface area contributed by atoms with Crippen molar-refractivity contribution in [1.29, 1.82) is 0 Å². The van der Waals surface area contributed by atoms with Gasteiger partial charge in [0.2, 0.25) is 5.43 Å². The van der Waals surface area contributed by atoms with Crippen LogP contribution >= 0.6 is 0 Å². The molecule has 4 heterocycles. The second-order valence-corrected chi connectivity index (χ2v) is 12.8. The maximum absolute atomic E-state index is 14.3. The molecule has 3 aromatic rings. The maximum Gasteiger partial charge on any atom is 0.410 e. The van der Waals surface area contributed by atoms with Crippen molar-refractivity contribution < 1.29 is 19.1 Å². The maximum atomic E-state index is 14.3. The lowest BCUT2D eigenvalue weighted by Gasteiger charge is -2.54. The number of ether oxygens (including phenoxy) is 2. The number of carbonyl (C=O) groups excluding carboxylic acids is 2. The second-order valence-electron chi connectivity index (χ2n) is 12.8. The molecule has 10 heteroatoms. The number of anilines is 1. The van der Waals surface area contributed by atoms with E-state index in [-0.39, 0.29) is 48.1 Å². The molecule has 2 aliphatic heterocycles. The van der Waals surface area contributed by atoms with E-state index < -0.39 is 5.60 Å². The van der Waals surface area contributed by atoms with Gasteiger partial charge in [0, 0.05) is 25.0 Å². The van der Waals surface area contributed by atoms with E-state index in [1.165, 1.54) is 0 Å². The minimum Gasteiger partial charge on any atom is -0.460 e. The summed E-state index contributed by atoms with van der Waals surface area (Å²) in [4.78, 5) is 53.8. The Morgan fingerprint density at radius 3 is 2.36 bits per heavy atom. The van der Waals surface area contributed by atoms with Crippen LogP contribution in [-0.2, 0) is 9.47 Å². The molecule has 222 valence electrons. The van der Waals surface area contributed by atoms with E-state index in [0.29, 0.717) is 47.6 Å². The minimum absolute atomic E-state index is 0.0165. The van der Waals surface area contributed by atoms with Gasteiger partial charge in [0.05, 0.1) is 34.7 Å². The molecule has 10 nitrogen and oxygen atoms in total. The van der Waals surface area contributed by atoms with Gasteiger partial charge >= 0.3 is 12.1 Å². The highest BCUT2D eigenvalue weighted by Gasteiger charge is 2.48. The molecule has 0 spiro atoms. The van der Waals surface area contributed by atoms with Crippen LogP contribution in [0.3, 0.4) is 0 Å².